The number of hydrogen-bond donors (Lipinski definition) is 1. The average Bonchev–Trinajstić information content (AvgIpc) is 3.39. The molecule has 0 spiro atoms. The standard InChI is InChI=1S/C26H26IN3O3/c1-32-24-16-20(15-23(27)25(24)33-18-19-7-3-2-4-8-19)17-28-29-26(31)21-9-11-22(12-10-21)30-13-5-6-14-30/h2-4,7-12,15-17H,5-6,13-14,18H2,1H3,(H,29,31)/b28-17-. The highest BCUT2D eigenvalue weighted by Crippen LogP contribution is 2.34. The van der Waals surface area contributed by atoms with E-state index < -0.39 is 0 Å². The van der Waals surface area contributed by atoms with E-state index in [4.69, 9.17) is 9.47 Å². The number of nitrogens with one attached hydrogen (secondary N) is 1. The number of carbonyl (C=O) groups excluding carboxylic acids is 1. The summed E-state index contributed by atoms with van der Waals surface area (Å²) in [6, 6.07) is 21.4. The molecule has 0 bridgehead atoms. The maximum Gasteiger partial charge on any atom is 0.271 e. The number of amides is 1. The van der Waals surface area contributed by atoms with Crippen LogP contribution in [-0.2, 0) is 6.61 Å². The summed E-state index contributed by atoms with van der Waals surface area (Å²) in [5.41, 5.74) is 6.21. The molecule has 6 nitrogen and oxygen atoms in total. The lowest BCUT2D eigenvalue weighted by Gasteiger charge is -2.17. The van der Waals surface area contributed by atoms with Crippen LogP contribution in [0.25, 0.3) is 0 Å². The predicted octanol–water partition coefficient (Wildman–Crippen LogP) is 5.24. The van der Waals surface area contributed by atoms with Gasteiger partial charge in [-0.2, -0.15) is 5.10 Å². The first-order chi connectivity index (χ1) is 16.1. The third-order valence-corrected chi connectivity index (χ3v) is 6.26. The van der Waals surface area contributed by atoms with Crippen LogP contribution in [0.5, 0.6) is 11.5 Å². The number of benzene rings is 3. The molecule has 1 saturated heterocycles. The second-order valence-electron chi connectivity index (χ2n) is 7.75. The molecule has 0 aromatic heterocycles. The van der Waals surface area contributed by atoms with E-state index in [1.165, 1.54) is 12.8 Å². The van der Waals surface area contributed by atoms with E-state index >= 15 is 0 Å². The number of ether oxygens (including phenoxy) is 2. The van der Waals surface area contributed by atoms with E-state index in [1.807, 2.05) is 66.7 Å². The van der Waals surface area contributed by atoms with Crippen molar-refractivity contribution in [1.82, 2.24) is 5.43 Å². The minimum absolute atomic E-state index is 0.247. The Morgan fingerprint density at radius 3 is 2.52 bits per heavy atom. The van der Waals surface area contributed by atoms with Gasteiger partial charge in [0.2, 0.25) is 0 Å². The highest BCUT2D eigenvalue weighted by molar-refractivity contribution is 14.1. The maximum absolute atomic E-state index is 12.4. The number of rotatable bonds is 8. The van der Waals surface area contributed by atoms with Crippen LogP contribution in [0.4, 0.5) is 5.69 Å². The first-order valence-electron chi connectivity index (χ1n) is 10.9. The van der Waals surface area contributed by atoms with Crippen molar-refractivity contribution in [3.05, 3.63) is 87.0 Å². The molecule has 0 saturated carbocycles. The molecule has 1 aliphatic rings. The highest BCUT2D eigenvalue weighted by atomic mass is 127. The number of nitrogens with zero attached hydrogens (tertiary/aromatic N) is 2. The monoisotopic (exact) mass is 555 g/mol. The average molecular weight is 555 g/mol. The molecule has 0 radical (unpaired) electrons. The molecule has 0 atom stereocenters. The Morgan fingerprint density at radius 1 is 1.09 bits per heavy atom. The number of methoxy groups -OCH3 is 1. The van der Waals surface area contributed by atoms with Gasteiger partial charge in [0.25, 0.3) is 5.91 Å². The molecule has 1 N–H and O–H groups in total. The van der Waals surface area contributed by atoms with Gasteiger partial charge in [-0.05, 0) is 83.0 Å². The van der Waals surface area contributed by atoms with Crippen LogP contribution in [0, 0.1) is 3.57 Å². The second-order valence-corrected chi connectivity index (χ2v) is 8.91. The van der Waals surface area contributed by atoms with Crippen LogP contribution < -0.4 is 19.8 Å². The number of anilines is 1. The van der Waals surface area contributed by atoms with Crippen molar-refractivity contribution in [3.8, 4) is 11.5 Å². The Hall–Kier alpha value is -3.07. The van der Waals surface area contributed by atoms with Crippen molar-refractivity contribution in [3.63, 3.8) is 0 Å². The van der Waals surface area contributed by atoms with Crippen molar-refractivity contribution >= 4 is 40.4 Å². The molecule has 170 valence electrons. The highest BCUT2D eigenvalue weighted by Gasteiger charge is 2.14. The van der Waals surface area contributed by atoms with Gasteiger partial charge >= 0.3 is 0 Å². The number of hydrogen-bond acceptors (Lipinski definition) is 5. The first kappa shape index (κ1) is 23.1. The molecule has 7 heteroatoms. The quantitative estimate of drug-likeness (QED) is 0.235. The zero-order valence-corrected chi connectivity index (χ0v) is 20.6. The summed E-state index contributed by atoms with van der Waals surface area (Å²) in [7, 11) is 1.61. The van der Waals surface area contributed by atoms with Gasteiger partial charge < -0.3 is 14.4 Å². The lowest BCUT2D eigenvalue weighted by molar-refractivity contribution is 0.0955. The Bertz CT molecular complexity index is 1110. The summed E-state index contributed by atoms with van der Waals surface area (Å²) in [4.78, 5) is 14.8. The molecular formula is C26H26IN3O3. The van der Waals surface area contributed by atoms with Crippen LogP contribution in [0.2, 0.25) is 0 Å². The van der Waals surface area contributed by atoms with E-state index in [9.17, 15) is 4.79 Å². The van der Waals surface area contributed by atoms with Gasteiger partial charge in [-0.3, -0.25) is 4.79 Å². The van der Waals surface area contributed by atoms with Crippen LogP contribution >= 0.6 is 22.6 Å². The fraction of sp³-hybridized carbons (Fsp3) is 0.231. The summed E-state index contributed by atoms with van der Waals surface area (Å²) in [6.07, 6.45) is 4.05. The van der Waals surface area contributed by atoms with Gasteiger partial charge in [0.05, 0.1) is 16.9 Å². The zero-order chi connectivity index (χ0) is 23.0. The van der Waals surface area contributed by atoms with Crippen molar-refractivity contribution in [1.29, 1.82) is 0 Å². The fourth-order valence-electron chi connectivity index (χ4n) is 3.71. The number of halogens is 1. The smallest absolute Gasteiger partial charge is 0.271 e. The SMILES string of the molecule is COc1cc(/C=N\NC(=O)c2ccc(N3CCCC3)cc2)cc(I)c1OCc1ccccc1. The minimum Gasteiger partial charge on any atom is -0.493 e. The van der Waals surface area contributed by atoms with E-state index in [1.54, 1.807) is 13.3 Å². The molecule has 1 aliphatic heterocycles. The molecule has 1 heterocycles. The lowest BCUT2D eigenvalue weighted by Crippen LogP contribution is -2.19. The third-order valence-electron chi connectivity index (χ3n) is 5.46. The molecule has 0 unspecified atom stereocenters. The fourth-order valence-corrected chi connectivity index (χ4v) is 4.49. The van der Waals surface area contributed by atoms with Crippen LogP contribution in [0.1, 0.15) is 34.3 Å². The van der Waals surface area contributed by atoms with Gasteiger partial charge in [-0.25, -0.2) is 5.43 Å². The molecule has 3 aromatic rings. The summed E-state index contributed by atoms with van der Waals surface area (Å²) >= 11 is 2.21. The molecule has 33 heavy (non-hydrogen) atoms. The molecule has 1 fully saturated rings. The number of hydrazone groups is 1. The van der Waals surface area contributed by atoms with E-state index in [-0.39, 0.29) is 5.91 Å². The van der Waals surface area contributed by atoms with E-state index in [2.05, 4.69) is 38.0 Å². The van der Waals surface area contributed by atoms with Crippen molar-refractivity contribution in [2.75, 3.05) is 25.1 Å². The largest absolute Gasteiger partial charge is 0.493 e. The van der Waals surface area contributed by atoms with Crippen LogP contribution in [0.15, 0.2) is 71.8 Å². The summed E-state index contributed by atoms with van der Waals surface area (Å²) < 4.78 is 12.4. The van der Waals surface area contributed by atoms with Gasteiger partial charge in [-0.1, -0.05) is 30.3 Å². The molecule has 0 aliphatic carbocycles. The third kappa shape index (κ3) is 6.04. The Balaban J connectivity index is 1.38. The predicted molar refractivity (Wildman–Crippen MR) is 139 cm³/mol. The summed E-state index contributed by atoms with van der Waals surface area (Å²) in [5.74, 6) is 1.05. The second kappa shape index (κ2) is 11.2. The minimum atomic E-state index is -0.247. The molecule has 4 rings (SSSR count). The molecular weight excluding hydrogens is 529 g/mol. The van der Waals surface area contributed by atoms with Gasteiger partial charge in [-0.15, -0.1) is 0 Å². The van der Waals surface area contributed by atoms with Crippen LogP contribution in [-0.4, -0.2) is 32.3 Å². The van der Waals surface area contributed by atoms with Crippen molar-refractivity contribution in [2.45, 2.75) is 19.4 Å². The van der Waals surface area contributed by atoms with Gasteiger partial charge in [0.15, 0.2) is 11.5 Å². The summed E-state index contributed by atoms with van der Waals surface area (Å²) in [6.45, 7) is 2.61. The zero-order valence-electron chi connectivity index (χ0n) is 18.5. The van der Waals surface area contributed by atoms with E-state index in [0.29, 0.717) is 23.7 Å². The van der Waals surface area contributed by atoms with Gasteiger partial charge in [0, 0.05) is 24.3 Å². The van der Waals surface area contributed by atoms with Crippen molar-refractivity contribution in [2.24, 2.45) is 5.10 Å². The number of carbonyl (C=O) groups is 1. The first-order valence-corrected chi connectivity index (χ1v) is 11.9. The Kier molecular flexibility index (Phi) is 7.83. The maximum atomic E-state index is 12.4. The molecule has 1 amide bonds. The summed E-state index contributed by atoms with van der Waals surface area (Å²) in [5, 5.41) is 4.12. The normalized spacial score (nSPS) is 13.3. The van der Waals surface area contributed by atoms with Crippen LogP contribution in [0.3, 0.4) is 0 Å². The van der Waals surface area contributed by atoms with Gasteiger partial charge in [0.1, 0.15) is 6.61 Å². The molecule has 3 aromatic carbocycles. The Morgan fingerprint density at radius 2 is 1.82 bits per heavy atom. The lowest BCUT2D eigenvalue weighted by atomic mass is 10.2. The van der Waals surface area contributed by atoms with Crippen molar-refractivity contribution < 1.29 is 14.3 Å². The Labute approximate surface area is 207 Å². The van der Waals surface area contributed by atoms with E-state index in [0.717, 1.165) is 33.5 Å². The topological polar surface area (TPSA) is 63.2 Å².